The van der Waals surface area contributed by atoms with Crippen LogP contribution in [0.1, 0.15) is 11.1 Å². The molecule has 1 N–H and O–H groups in total. The average molecular weight is 319 g/mol. The van der Waals surface area contributed by atoms with Gasteiger partial charge in [-0.1, -0.05) is 35.3 Å². The average Bonchev–Trinajstić information content (AvgIpc) is 2.85. The minimum atomic E-state index is 0.665. The van der Waals surface area contributed by atoms with Crippen LogP contribution in [0.5, 0.6) is 0 Å². The van der Waals surface area contributed by atoms with Crippen molar-refractivity contribution in [1.29, 1.82) is 0 Å². The second-order valence-corrected chi connectivity index (χ2v) is 5.95. The molecule has 0 unspecified atom stereocenters. The Balaban J connectivity index is 1.94. The van der Waals surface area contributed by atoms with E-state index in [4.69, 9.17) is 23.2 Å². The molecule has 4 heteroatoms. The molecule has 0 amide bonds. The smallest absolute Gasteiger partial charge is 0.0490 e. The lowest BCUT2D eigenvalue weighted by Crippen LogP contribution is -2.04. The highest BCUT2D eigenvalue weighted by Gasteiger charge is 2.06. The van der Waals surface area contributed by atoms with E-state index in [1.807, 2.05) is 19.2 Å². The SMILES string of the molecule is CNCc1ccc2c(ccn2Cc2ccc(Cl)cc2Cl)c1. The van der Waals surface area contributed by atoms with Crippen molar-refractivity contribution in [3.63, 3.8) is 0 Å². The summed E-state index contributed by atoms with van der Waals surface area (Å²) in [6.07, 6.45) is 2.10. The van der Waals surface area contributed by atoms with E-state index in [1.165, 1.54) is 16.5 Å². The van der Waals surface area contributed by atoms with Crippen molar-refractivity contribution in [3.8, 4) is 0 Å². The summed E-state index contributed by atoms with van der Waals surface area (Å²) in [5.74, 6) is 0. The second kappa shape index (κ2) is 6.10. The van der Waals surface area contributed by atoms with Crippen molar-refractivity contribution in [3.05, 3.63) is 69.8 Å². The zero-order chi connectivity index (χ0) is 14.8. The first-order valence-electron chi connectivity index (χ1n) is 6.83. The molecule has 108 valence electrons. The van der Waals surface area contributed by atoms with Gasteiger partial charge in [0.05, 0.1) is 0 Å². The van der Waals surface area contributed by atoms with Gasteiger partial charge in [-0.2, -0.15) is 0 Å². The summed E-state index contributed by atoms with van der Waals surface area (Å²) in [5, 5.41) is 5.78. The van der Waals surface area contributed by atoms with E-state index >= 15 is 0 Å². The predicted octanol–water partition coefficient (Wildman–Crippen LogP) is 4.72. The lowest BCUT2D eigenvalue weighted by molar-refractivity contribution is 0.817. The van der Waals surface area contributed by atoms with Gasteiger partial charge in [-0.05, 0) is 53.9 Å². The normalized spacial score (nSPS) is 11.2. The Morgan fingerprint density at radius 2 is 1.90 bits per heavy atom. The maximum absolute atomic E-state index is 6.26. The molecule has 1 heterocycles. The topological polar surface area (TPSA) is 17.0 Å². The summed E-state index contributed by atoms with van der Waals surface area (Å²) in [5.41, 5.74) is 3.56. The number of hydrogen-bond donors (Lipinski definition) is 1. The quantitative estimate of drug-likeness (QED) is 0.736. The highest BCUT2D eigenvalue weighted by Crippen LogP contribution is 2.24. The molecular formula is C17H16Cl2N2. The van der Waals surface area contributed by atoms with Gasteiger partial charge in [-0.25, -0.2) is 0 Å². The van der Waals surface area contributed by atoms with Crippen LogP contribution in [0.15, 0.2) is 48.7 Å². The number of benzene rings is 2. The van der Waals surface area contributed by atoms with Gasteiger partial charge in [0.25, 0.3) is 0 Å². The number of nitrogens with one attached hydrogen (secondary N) is 1. The number of fused-ring (bicyclic) bond motifs is 1. The van der Waals surface area contributed by atoms with Crippen LogP contribution in [0.4, 0.5) is 0 Å². The second-order valence-electron chi connectivity index (χ2n) is 5.10. The molecule has 0 spiro atoms. The van der Waals surface area contributed by atoms with Gasteiger partial charge < -0.3 is 9.88 Å². The maximum atomic E-state index is 6.26. The maximum Gasteiger partial charge on any atom is 0.0490 e. The zero-order valence-electron chi connectivity index (χ0n) is 11.7. The standard InChI is InChI=1S/C17H16Cl2N2/c1-20-10-12-2-5-17-13(8-12)6-7-21(17)11-14-3-4-15(18)9-16(14)19/h2-9,20H,10-11H2,1H3. The number of nitrogens with zero attached hydrogens (tertiary/aromatic N) is 1. The molecule has 1 aromatic heterocycles. The Bertz CT molecular complexity index is 778. The van der Waals surface area contributed by atoms with Crippen molar-refractivity contribution < 1.29 is 0 Å². The Morgan fingerprint density at radius 1 is 1.05 bits per heavy atom. The van der Waals surface area contributed by atoms with Crippen LogP contribution in [0, 0.1) is 0 Å². The van der Waals surface area contributed by atoms with Crippen LogP contribution in [0.25, 0.3) is 10.9 Å². The molecule has 0 radical (unpaired) electrons. The molecule has 21 heavy (non-hydrogen) atoms. The van der Waals surface area contributed by atoms with Crippen LogP contribution < -0.4 is 5.32 Å². The fourth-order valence-corrected chi connectivity index (χ4v) is 3.00. The number of rotatable bonds is 4. The molecule has 2 aromatic carbocycles. The van der Waals surface area contributed by atoms with Crippen molar-refractivity contribution >= 4 is 34.1 Å². The van der Waals surface area contributed by atoms with Gasteiger partial charge >= 0.3 is 0 Å². The van der Waals surface area contributed by atoms with Crippen molar-refractivity contribution in [2.75, 3.05) is 7.05 Å². The van der Waals surface area contributed by atoms with E-state index in [0.29, 0.717) is 10.0 Å². The largest absolute Gasteiger partial charge is 0.343 e. The van der Waals surface area contributed by atoms with E-state index in [2.05, 4.69) is 40.3 Å². The molecular weight excluding hydrogens is 303 g/mol. The van der Waals surface area contributed by atoms with E-state index in [-0.39, 0.29) is 0 Å². The lowest BCUT2D eigenvalue weighted by atomic mass is 10.1. The lowest BCUT2D eigenvalue weighted by Gasteiger charge is -2.08. The van der Waals surface area contributed by atoms with Crippen LogP contribution >= 0.6 is 23.2 Å². The van der Waals surface area contributed by atoms with E-state index in [9.17, 15) is 0 Å². The summed E-state index contributed by atoms with van der Waals surface area (Å²) < 4.78 is 2.20. The monoisotopic (exact) mass is 318 g/mol. The van der Waals surface area contributed by atoms with Crippen molar-refractivity contribution in [1.82, 2.24) is 9.88 Å². The number of halogens is 2. The molecule has 3 rings (SSSR count). The molecule has 0 bridgehead atoms. The molecule has 0 saturated heterocycles. The summed E-state index contributed by atoms with van der Waals surface area (Å²) in [7, 11) is 1.96. The van der Waals surface area contributed by atoms with E-state index in [0.717, 1.165) is 18.7 Å². The van der Waals surface area contributed by atoms with Gasteiger partial charge in [0.15, 0.2) is 0 Å². The third-order valence-electron chi connectivity index (χ3n) is 3.57. The number of aromatic nitrogens is 1. The fourth-order valence-electron chi connectivity index (χ4n) is 2.54. The molecule has 0 atom stereocenters. The minimum Gasteiger partial charge on any atom is -0.343 e. The van der Waals surface area contributed by atoms with Gasteiger partial charge in [0.1, 0.15) is 0 Å². The Hall–Kier alpha value is -1.48. The van der Waals surface area contributed by atoms with Crippen LogP contribution in [0.3, 0.4) is 0 Å². The first-order chi connectivity index (χ1) is 10.2. The van der Waals surface area contributed by atoms with Gasteiger partial charge in [0.2, 0.25) is 0 Å². The minimum absolute atomic E-state index is 0.665. The Kier molecular flexibility index (Phi) is 4.20. The molecule has 0 aliphatic carbocycles. The van der Waals surface area contributed by atoms with Crippen molar-refractivity contribution in [2.24, 2.45) is 0 Å². The zero-order valence-corrected chi connectivity index (χ0v) is 13.2. The van der Waals surface area contributed by atoms with Crippen LogP contribution in [-0.4, -0.2) is 11.6 Å². The highest BCUT2D eigenvalue weighted by molar-refractivity contribution is 6.35. The first-order valence-corrected chi connectivity index (χ1v) is 7.59. The first kappa shape index (κ1) is 14.5. The molecule has 0 fully saturated rings. The molecule has 0 aliphatic heterocycles. The summed E-state index contributed by atoms with van der Waals surface area (Å²) in [4.78, 5) is 0. The van der Waals surface area contributed by atoms with Gasteiger partial charge in [0, 0.05) is 34.8 Å². The van der Waals surface area contributed by atoms with Gasteiger partial charge in [-0.3, -0.25) is 0 Å². The Labute approximate surface area is 134 Å². The molecule has 3 aromatic rings. The fraction of sp³-hybridized carbons (Fsp3) is 0.176. The third kappa shape index (κ3) is 3.08. The van der Waals surface area contributed by atoms with Crippen LogP contribution in [0.2, 0.25) is 10.0 Å². The third-order valence-corrected chi connectivity index (χ3v) is 4.16. The number of hydrogen-bond acceptors (Lipinski definition) is 1. The summed E-state index contributed by atoms with van der Waals surface area (Å²) in [6, 6.07) is 14.3. The summed E-state index contributed by atoms with van der Waals surface area (Å²) >= 11 is 12.2. The molecule has 2 nitrogen and oxygen atoms in total. The van der Waals surface area contributed by atoms with Crippen LogP contribution in [-0.2, 0) is 13.1 Å². The highest BCUT2D eigenvalue weighted by atomic mass is 35.5. The molecule has 0 aliphatic rings. The molecule has 0 saturated carbocycles. The van der Waals surface area contributed by atoms with E-state index < -0.39 is 0 Å². The predicted molar refractivity (Wildman–Crippen MR) is 90.3 cm³/mol. The Morgan fingerprint density at radius 3 is 2.67 bits per heavy atom. The summed E-state index contributed by atoms with van der Waals surface area (Å²) in [6.45, 7) is 1.62. The van der Waals surface area contributed by atoms with Crippen molar-refractivity contribution in [2.45, 2.75) is 13.1 Å². The van der Waals surface area contributed by atoms with E-state index in [1.54, 1.807) is 6.07 Å². The van der Waals surface area contributed by atoms with Gasteiger partial charge in [-0.15, -0.1) is 0 Å².